The molecule has 1 heterocycles. The van der Waals surface area contributed by atoms with Crippen molar-refractivity contribution in [3.8, 4) is 17.0 Å². The SMILES string of the molecule is CNc1cc(-c2ccc3cc(OC)ccc3c2)n(C)n1. The third-order valence-electron chi connectivity index (χ3n) is 3.48. The lowest BCUT2D eigenvalue weighted by atomic mass is 10.0. The summed E-state index contributed by atoms with van der Waals surface area (Å²) in [7, 11) is 5.51. The molecule has 0 saturated heterocycles. The molecule has 0 amide bonds. The molecule has 0 saturated carbocycles. The molecule has 0 aliphatic carbocycles. The Morgan fingerprint density at radius 1 is 1.05 bits per heavy atom. The molecule has 3 rings (SSSR count). The summed E-state index contributed by atoms with van der Waals surface area (Å²) in [6.45, 7) is 0. The highest BCUT2D eigenvalue weighted by Crippen LogP contribution is 2.27. The van der Waals surface area contributed by atoms with Gasteiger partial charge in [-0.15, -0.1) is 0 Å². The molecule has 20 heavy (non-hydrogen) atoms. The van der Waals surface area contributed by atoms with Crippen LogP contribution in [-0.2, 0) is 7.05 Å². The first-order valence-corrected chi connectivity index (χ1v) is 6.51. The van der Waals surface area contributed by atoms with Crippen LogP contribution in [0.4, 0.5) is 5.82 Å². The quantitative estimate of drug-likeness (QED) is 0.791. The number of nitrogens with one attached hydrogen (secondary N) is 1. The number of hydrogen-bond acceptors (Lipinski definition) is 3. The van der Waals surface area contributed by atoms with Gasteiger partial charge in [-0.1, -0.05) is 18.2 Å². The molecule has 0 aliphatic rings. The van der Waals surface area contributed by atoms with Crippen molar-refractivity contribution in [1.29, 1.82) is 0 Å². The Morgan fingerprint density at radius 2 is 1.80 bits per heavy atom. The zero-order chi connectivity index (χ0) is 14.1. The molecule has 2 aromatic carbocycles. The number of anilines is 1. The Hall–Kier alpha value is -2.49. The van der Waals surface area contributed by atoms with Gasteiger partial charge >= 0.3 is 0 Å². The van der Waals surface area contributed by atoms with Crippen LogP contribution in [0.1, 0.15) is 0 Å². The number of aryl methyl sites for hydroxylation is 1. The molecule has 0 radical (unpaired) electrons. The second-order valence-corrected chi connectivity index (χ2v) is 4.72. The molecular formula is C16H17N3O. The molecule has 3 aromatic rings. The summed E-state index contributed by atoms with van der Waals surface area (Å²) in [6, 6.07) is 14.5. The van der Waals surface area contributed by atoms with E-state index >= 15 is 0 Å². The predicted molar refractivity (Wildman–Crippen MR) is 82.2 cm³/mol. The van der Waals surface area contributed by atoms with Crippen LogP contribution in [0.3, 0.4) is 0 Å². The Kier molecular flexibility index (Phi) is 3.06. The fourth-order valence-corrected chi connectivity index (χ4v) is 2.37. The van der Waals surface area contributed by atoms with Crippen molar-refractivity contribution in [3.63, 3.8) is 0 Å². The van der Waals surface area contributed by atoms with Crippen LogP contribution < -0.4 is 10.1 Å². The molecule has 0 spiro atoms. The van der Waals surface area contributed by atoms with Crippen molar-refractivity contribution in [3.05, 3.63) is 42.5 Å². The minimum atomic E-state index is 0.873. The monoisotopic (exact) mass is 267 g/mol. The van der Waals surface area contributed by atoms with Crippen LogP contribution in [0.15, 0.2) is 42.5 Å². The van der Waals surface area contributed by atoms with E-state index < -0.39 is 0 Å². The first-order chi connectivity index (χ1) is 9.71. The van der Waals surface area contributed by atoms with Crippen molar-refractivity contribution in [2.45, 2.75) is 0 Å². The summed E-state index contributed by atoms with van der Waals surface area (Å²) in [6.07, 6.45) is 0. The van der Waals surface area contributed by atoms with E-state index in [4.69, 9.17) is 4.74 Å². The summed E-state index contributed by atoms with van der Waals surface area (Å²) in [4.78, 5) is 0. The lowest BCUT2D eigenvalue weighted by molar-refractivity contribution is 0.415. The highest BCUT2D eigenvalue weighted by atomic mass is 16.5. The van der Waals surface area contributed by atoms with E-state index in [2.05, 4.69) is 34.7 Å². The lowest BCUT2D eigenvalue weighted by Crippen LogP contribution is -1.95. The van der Waals surface area contributed by atoms with Crippen molar-refractivity contribution in [2.75, 3.05) is 19.5 Å². The van der Waals surface area contributed by atoms with Gasteiger partial charge in [-0.2, -0.15) is 5.10 Å². The van der Waals surface area contributed by atoms with Crippen LogP contribution in [0.25, 0.3) is 22.0 Å². The smallest absolute Gasteiger partial charge is 0.148 e. The van der Waals surface area contributed by atoms with Gasteiger partial charge in [-0.3, -0.25) is 4.68 Å². The molecule has 0 atom stereocenters. The Morgan fingerprint density at radius 3 is 2.50 bits per heavy atom. The van der Waals surface area contributed by atoms with Gasteiger partial charge in [0.25, 0.3) is 0 Å². The number of methoxy groups -OCH3 is 1. The molecule has 0 bridgehead atoms. The largest absolute Gasteiger partial charge is 0.497 e. The molecule has 0 unspecified atom stereocenters. The van der Waals surface area contributed by atoms with Crippen molar-refractivity contribution >= 4 is 16.6 Å². The fraction of sp³-hybridized carbons (Fsp3) is 0.188. The van der Waals surface area contributed by atoms with Crippen molar-refractivity contribution < 1.29 is 4.74 Å². The van der Waals surface area contributed by atoms with Crippen LogP contribution in [0.2, 0.25) is 0 Å². The highest BCUT2D eigenvalue weighted by Gasteiger charge is 2.07. The number of benzene rings is 2. The van der Waals surface area contributed by atoms with Gasteiger partial charge < -0.3 is 10.1 Å². The van der Waals surface area contributed by atoms with Gasteiger partial charge in [-0.05, 0) is 29.0 Å². The second-order valence-electron chi connectivity index (χ2n) is 4.72. The van der Waals surface area contributed by atoms with Crippen LogP contribution in [0, 0.1) is 0 Å². The third kappa shape index (κ3) is 2.09. The zero-order valence-electron chi connectivity index (χ0n) is 11.8. The molecule has 102 valence electrons. The number of fused-ring (bicyclic) bond motifs is 1. The van der Waals surface area contributed by atoms with Gasteiger partial charge in [0.15, 0.2) is 0 Å². The molecule has 4 heteroatoms. The Balaban J connectivity index is 2.10. The summed E-state index contributed by atoms with van der Waals surface area (Å²) < 4.78 is 7.14. The number of rotatable bonds is 3. The summed E-state index contributed by atoms with van der Waals surface area (Å²) >= 11 is 0. The van der Waals surface area contributed by atoms with E-state index in [0.717, 1.165) is 22.8 Å². The normalized spacial score (nSPS) is 10.8. The Labute approximate surface area is 118 Å². The van der Waals surface area contributed by atoms with Gasteiger partial charge in [0.05, 0.1) is 12.8 Å². The van der Waals surface area contributed by atoms with Gasteiger partial charge in [0, 0.05) is 25.7 Å². The maximum atomic E-state index is 5.25. The fourth-order valence-electron chi connectivity index (χ4n) is 2.37. The molecule has 1 aromatic heterocycles. The van der Waals surface area contributed by atoms with Gasteiger partial charge in [0.1, 0.15) is 11.6 Å². The summed E-state index contributed by atoms with van der Waals surface area (Å²) in [5.74, 6) is 1.75. The minimum Gasteiger partial charge on any atom is -0.497 e. The van der Waals surface area contributed by atoms with E-state index in [9.17, 15) is 0 Å². The molecule has 0 aliphatic heterocycles. The number of hydrogen-bond donors (Lipinski definition) is 1. The highest BCUT2D eigenvalue weighted by molar-refractivity contribution is 5.88. The van der Waals surface area contributed by atoms with E-state index in [1.807, 2.05) is 37.0 Å². The minimum absolute atomic E-state index is 0.873. The van der Waals surface area contributed by atoms with Crippen molar-refractivity contribution in [2.24, 2.45) is 7.05 Å². The average Bonchev–Trinajstić information content (AvgIpc) is 2.87. The maximum absolute atomic E-state index is 5.25. The average molecular weight is 267 g/mol. The molecule has 0 fully saturated rings. The van der Waals surface area contributed by atoms with Crippen LogP contribution in [0.5, 0.6) is 5.75 Å². The number of aromatic nitrogens is 2. The van der Waals surface area contributed by atoms with Gasteiger partial charge in [-0.25, -0.2) is 0 Å². The zero-order valence-corrected chi connectivity index (χ0v) is 11.8. The summed E-state index contributed by atoms with van der Waals surface area (Å²) in [5, 5.41) is 9.82. The first-order valence-electron chi connectivity index (χ1n) is 6.51. The van der Waals surface area contributed by atoms with E-state index in [-0.39, 0.29) is 0 Å². The first kappa shape index (κ1) is 12.5. The molecular weight excluding hydrogens is 250 g/mol. The van der Waals surface area contributed by atoms with Gasteiger partial charge in [0.2, 0.25) is 0 Å². The standard InChI is InChI=1S/C16H17N3O/c1-17-16-10-15(19(2)18-16)13-5-4-12-9-14(20-3)7-6-11(12)8-13/h4-10H,1-3H3,(H,17,18). The number of ether oxygens (including phenoxy) is 1. The van der Waals surface area contributed by atoms with Crippen molar-refractivity contribution in [1.82, 2.24) is 9.78 Å². The third-order valence-corrected chi connectivity index (χ3v) is 3.48. The number of nitrogens with zero attached hydrogens (tertiary/aromatic N) is 2. The maximum Gasteiger partial charge on any atom is 0.148 e. The Bertz CT molecular complexity index is 762. The summed E-state index contributed by atoms with van der Waals surface area (Å²) in [5.41, 5.74) is 2.24. The molecule has 1 N–H and O–H groups in total. The van der Waals surface area contributed by atoms with Crippen LogP contribution in [-0.4, -0.2) is 23.9 Å². The predicted octanol–water partition coefficient (Wildman–Crippen LogP) is 3.29. The van der Waals surface area contributed by atoms with E-state index in [0.29, 0.717) is 0 Å². The van der Waals surface area contributed by atoms with E-state index in [1.54, 1.807) is 7.11 Å². The lowest BCUT2D eigenvalue weighted by Gasteiger charge is -2.06. The molecule has 4 nitrogen and oxygen atoms in total. The second kappa shape index (κ2) is 4.89. The topological polar surface area (TPSA) is 39.1 Å². The van der Waals surface area contributed by atoms with E-state index in [1.165, 1.54) is 10.8 Å². The van der Waals surface area contributed by atoms with Crippen LogP contribution >= 0.6 is 0 Å².